The highest BCUT2D eigenvalue weighted by Crippen LogP contribution is 2.50. The number of fused-ring (bicyclic) bond motifs is 3. The van der Waals surface area contributed by atoms with Gasteiger partial charge in [-0.1, -0.05) is 41.6 Å². The van der Waals surface area contributed by atoms with E-state index in [1.54, 1.807) is 0 Å². The Morgan fingerprint density at radius 3 is 1.87 bits per heavy atom. The number of halogens is 15. The van der Waals surface area contributed by atoms with Crippen molar-refractivity contribution in [2.24, 2.45) is 5.16 Å². The van der Waals surface area contributed by atoms with E-state index < -0.39 is 91.2 Å². The van der Waals surface area contributed by atoms with Gasteiger partial charge in [-0.25, -0.2) is 30.7 Å². The normalized spacial score (nSPS) is 14.0. The Balaban J connectivity index is 1.92. The molecular formula is C26H10F15NO3S. The predicted octanol–water partition coefficient (Wildman–Crippen LogP) is 8.63. The second kappa shape index (κ2) is 11.5. The summed E-state index contributed by atoms with van der Waals surface area (Å²) in [5.74, 6) is -36.4. The van der Waals surface area contributed by atoms with Crippen LogP contribution in [0.4, 0.5) is 65.9 Å². The van der Waals surface area contributed by atoms with Crippen molar-refractivity contribution in [2.45, 2.75) is 35.5 Å². The van der Waals surface area contributed by atoms with Crippen LogP contribution in [0.15, 0.2) is 58.6 Å². The molecule has 0 bridgehead atoms. The van der Waals surface area contributed by atoms with Crippen LogP contribution in [0.2, 0.25) is 0 Å². The first-order chi connectivity index (χ1) is 21.1. The summed E-state index contributed by atoms with van der Waals surface area (Å²) in [6, 6.07) is 8.06. The molecule has 0 spiro atoms. The summed E-state index contributed by atoms with van der Waals surface area (Å²) in [7, 11) is -6.70. The summed E-state index contributed by atoms with van der Waals surface area (Å²) < 4.78 is 236. The first-order valence-electron chi connectivity index (χ1n) is 11.8. The molecule has 0 N–H and O–H groups in total. The maximum Gasteiger partial charge on any atom is 0.383 e. The van der Waals surface area contributed by atoms with Gasteiger partial charge in [0.2, 0.25) is 5.83 Å². The third-order valence-electron chi connectivity index (χ3n) is 6.54. The van der Waals surface area contributed by atoms with Gasteiger partial charge in [0, 0.05) is 5.56 Å². The van der Waals surface area contributed by atoms with Gasteiger partial charge in [0.25, 0.3) is 0 Å². The number of alkyl halides is 8. The van der Waals surface area contributed by atoms with Crippen molar-refractivity contribution in [3.05, 3.63) is 94.1 Å². The average Bonchev–Trinajstić information content (AvgIpc) is 3.33. The van der Waals surface area contributed by atoms with Gasteiger partial charge in [-0.2, -0.15) is 43.5 Å². The number of rotatable bonds is 9. The van der Waals surface area contributed by atoms with Gasteiger partial charge < -0.3 is 0 Å². The molecule has 0 amide bonds. The molecule has 0 unspecified atom stereocenters. The van der Waals surface area contributed by atoms with Crippen LogP contribution in [0.25, 0.3) is 17.0 Å². The molecule has 0 saturated carbocycles. The Morgan fingerprint density at radius 1 is 0.783 bits per heavy atom. The predicted molar refractivity (Wildman–Crippen MR) is 127 cm³/mol. The molecule has 20 heteroatoms. The number of hydrogen-bond donors (Lipinski definition) is 0. The molecule has 0 aromatic heterocycles. The molecule has 0 atom stereocenters. The lowest BCUT2D eigenvalue weighted by Gasteiger charge is -2.32. The smallest absolute Gasteiger partial charge is 0.264 e. The van der Waals surface area contributed by atoms with Gasteiger partial charge in [0.15, 0.2) is 33.9 Å². The highest BCUT2D eigenvalue weighted by Gasteiger charge is 2.77. The summed E-state index contributed by atoms with van der Waals surface area (Å²) in [5, 5.41) is 2.09. The lowest BCUT2D eigenvalue weighted by molar-refractivity contribution is -0.319. The van der Waals surface area contributed by atoms with Crippen molar-refractivity contribution in [3.8, 4) is 11.1 Å². The fourth-order valence-electron chi connectivity index (χ4n) is 4.32. The molecule has 4 rings (SSSR count). The van der Waals surface area contributed by atoms with Crippen LogP contribution in [0.3, 0.4) is 0 Å². The molecule has 3 aromatic carbocycles. The molecule has 1 aliphatic rings. The van der Waals surface area contributed by atoms with Crippen molar-refractivity contribution < 1.29 is 78.6 Å². The Hall–Kier alpha value is -4.23. The molecule has 0 fully saturated rings. The Bertz CT molecular complexity index is 1870. The zero-order valence-corrected chi connectivity index (χ0v) is 22.4. The van der Waals surface area contributed by atoms with E-state index in [0.29, 0.717) is 23.3 Å². The van der Waals surface area contributed by atoms with E-state index in [4.69, 9.17) is 0 Å². The lowest BCUT2D eigenvalue weighted by Crippen LogP contribution is -2.60. The van der Waals surface area contributed by atoms with Crippen LogP contribution >= 0.6 is 0 Å². The van der Waals surface area contributed by atoms with E-state index >= 15 is 8.78 Å². The van der Waals surface area contributed by atoms with E-state index in [1.807, 2.05) is 0 Å². The van der Waals surface area contributed by atoms with Gasteiger partial charge in [-0.3, -0.25) is 4.28 Å². The molecule has 46 heavy (non-hydrogen) atoms. The molecule has 0 saturated heterocycles. The van der Waals surface area contributed by atoms with Crippen LogP contribution in [0.1, 0.15) is 22.3 Å². The summed E-state index contributed by atoms with van der Waals surface area (Å²) in [6.07, 6.45) is -9.13. The van der Waals surface area contributed by atoms with Gasteiger partial charge >= 0.3 is 40.4 Å². The lowest BCUT2D eigenvalue weighted by atomic mass is 9.93. The zero-order chi connectivity index (χ0) is 34.7. The van der Waals surface area contributed by atoms with Crippen molar-refractivity contribution in [3.63, 3.8) is 0 Å². The summed E-state index contributed by atoms with van der Waals surface area (Å²) in [4.78, 5) is -2.99. The van der Waals surface area contributed by atoms with Gasteiger partial charge in [-0.05, 0) is 34.7 Å². The second-order valence-corrected chi connectivity index (χ2v) is 10.7. The number of nitrogens with zero attached hydrogens (tertiary/aromatic N) is 1. The molecule has 0 aliphatic heterocycles. The SMILES string of the molecule is O=S(=O)(ON=C(c1ccc2c(c1)Cc1ccccc1-2)C(F)(F)C(F)(F)C(F)(F)C(F)F)c1c(F)c(F)c(C(F)=C(F)F)c(F)c1F. The highest BCUT2D eigenvalue weighted by molar-refractivity contribution is 7.86. The maximum atomic E-state index is 15.1. The number of benzene rings is 3. The quantitative estimate of drug-likeness (QED) is 0.0761. The third kappa shape index (κ3) is 5.34. The van der Waals surface area contributed by atoms with Crippen molar-refractivity contribution in [1.29, 1.82) is 0 Å². The van der Waals surface area contributed by atoms with Crippen molar-refractivity contribution in [2.75, 3.05) is 0 Å². The van der Waals surface area contributed by atoms with E-state index in [2.05, 4.69) is 9.44 Å². The molecule has 0 heterocycles. The van der Waals surface area contributed by atoms with Gasteiger partial charge in [0.1, 0.15) is 0 Å². The van der Waals surface area contributed by atoms with Crippen molar-refractivity contribution >= 4 is 21.7 Å². The molecule has 4 nitrogen and oxygen atoms in total. The fraction of sp³-hybridized carbons (Fsp3) is 0.192. The number of oxime groups is 1. The van der Waals surface area contributed by atoms with Gasteiger partial charge in [0.05, 0.1) is 5.56 Å². The van der Waals surface area contributed by atoms with Gasteiger partial charge in [-0.15, -0.1) is 0 Å². The third-order valence-corrected chi connectivity index (χ3v) is 7.67. The molecular weight excluding hydrogens is 691 g/mol. The molecule has 3 aromatic rings. The summed E-state index contributed by atoms with van der Waals surface area (Å²) in [6.45, 7) is 0. The van der Waals surface area contributed by atoms with Crippen LogP contribution in [-0.4, -0.2) is 38.3 Å². The van der Waals surface area contributed by atoms with E-state index in [0.717, 1.165) is 6.07 Å². The van der Waals surface area contributed by atoms with E-state index in [1.165, 1.54) is 24.3 Å². The molecule has 1 aliphatic carbocycles. The van der Waals surface area contributed by atoms with Crippen LogP contribution in [0.5, 0.6) is 0 Å². The van der Waals surface area contributed by atoms with Crippen molar-refractivity contribution in [1.82, 2.24) is 0 Å². The molecule has 0 radical (unpaired) electrons. The summed E-state index contributed by atoms with van der Waals surface area (Å²) >= 11 is 0. The number of hydrogen-bond acceptors (Lipinski definition) is 4. The highest BCUT2D eigenvalue weighted by atomic mass is 32.2. The Morgan fingerprint density at radius 2 is 1.33 bits per heavy atom. The largest absolute Gasteiger partial charge is 0.383 e. The summed E-state index contributed by atoms with van der Waals surface area (Å²) in [5.41, 5.74) is -5.78. The minimum absolute atomic E-state index is 0.0130. The van der Waals surface area contributed by atoms with E-state index in [9.17, 15) is 65.5 Å². The van der Waals surface area contributed by atoms with Crippen LogP contribution in [-0.2, 0) is 20.8 Å². The van der Waals surface area contributed by atoms with Crippen LogP contribution < -0.4 is 0 Å². The first kappa shape index (κ1) is 34.6. The topological polar surface area (TPSA) is 55.7 Å². The van der Waals surface area contributed by atoms with Crippen LogP contribution in [0, 0.1) is 23.3 Å². The fourth-order valence-corrected chi connectivity index (χ4v) is 5.19. The molecule has 248 valence electrons. The standard InChI is InChI=1S/C26H10F15NO3S/c27-15-14(17(29)22(32)33)16(28)19(31)20(18(15)30)46(43,44)45-42-21(24(36,37)26(40,41)25(38,39)23(34)35)10-5-6-13-11(8-10)7-9-3-1-2-4-12(9)13/h1-6,8,23H,7H2. The minimum Gasteiger partial charge on any atom is -0.264 e. The Kier molecular flexibility index (Phi) is 8.69. The second-order valence-electron chi connectivity index (χ2n) is 9.28. The minimum atomic E-state index is -7.10. The first-order valence-corrected chi connectivity index (χ1v) is 13.2. The maximum absolute atomic E-state index is 15.1. The monoisotopic (exact) mass is 701 g/mol. The van der Waals surface area contributed by atoms with E-state index in [-0.39, 0.29) is 17.5 Å². The average molecular weight is 701 g/mol. The Labute approximate surface area is 246 Å². The zero-order valence-electron chi connectivity index (χ0n) is 21.6.